The Balaban J connectivity index is 1.48. The molecule has 1 aromatic heterocycles. The molecule has 2 atom stereocenters. The van der Waals surface area contributed by atoms with Crippen LogP contribution in [0, 0.1) is 5.92 Å². The quantitative estimate of drug-likeness (QED) is 0.113. The maximum Gasteiger partial charge on any atom is 0.301 e. The molecule has 0 spiro atoms. The van der Waals surface area contributed by atoms with Gasteiger partial charge in [0.25, 0.3) is 5.78 Å². The third kappa shape index (κ3) is 5.82. The number of aromatic nitrogens is 1. The molecule has 45 heavy (non-hydrogen) atoms. The number of anilines is 1. The standard InChI is InChI=1S/C35H36N2O7S/c1-6-42-24-9-10-25-29(18-24)45-35(36-25)37-31(21-7-12-27(28(17-21)41-5)43-14-13-19(2)3)30(33(39)34(37)40)32(38)22-8-11-26-23(16-22)15-20(4)44-26/h7-12,16-20,31,38H,6,13-15H2,1-5H3/b32-30+/t20-,31+/m1/s1. The van der Waals surface area contributed by atoms with Gasteiger partial charge in [-0.1, -0.05) is 31.3 Å². The van der Waals surface area contributed by atoms with Gasteiger partial charge in [0, 0.05) is 12.0 Å². The largest absolute Gasteiger partial charge is 0.507 e. The molecule has 234 valence electrons. The number of ketones is 1. The van der Waals surface area contributed by atoms with Crippen LogP contribution in [0.15, 0.2) is 60.2 Å². The molecule has 1 saturated heterocycles. The zero-order valence-electron chi connectivity index (χ0n) is 26.0. The molecule has 0 saturated carbocycles. The molecular weight excluding hydrogens is 592 g/mol. The topological polar surface area (TPSA) is 107 Å². The molecule has 10 heteroatoms. The summed E-state index contributed by atoms with van der Waals surface area (Å²) in [7, 11) is 1.54. The molecule has 9 nitrogen and oxygen atoms in total. The number of ether oxygens (including phenoxy) is 4. The van der Waals surface area contributed by atoms with E-state index in [0.29, 0.717) is 64.6 Å². The van der Waals surface area contributed by atoms with Crippen molar-refractivity contribution in [2.75, 3.05) is 25.2 Å². The minimum Gasteiger partial charge on any atom is -0.507 e. The van der Waals surface area contributed by atoms with Crippen molar-refractivity contribution >= 4 is 44.1 Å². The van der Waals surface area contributed by atoms with E-state index in [0.717, 1.165) is 22.4 Å². The number of Topliss-reactive ketones (excluding diaryl/α,β-unsaturated/α-hetero) is 1. The average molecular weight is 629 g/mol. The third-order valence-corrected chi connectivity index (χ3v) is 8.95. The lowest BCUT2D eigenvalue weighted by Gasteiger charge is -2.24. The van der Waals surface area contributed by atoms with Crippen molar-refractivity contribution in [2.24, 2.45) is 5.92 Å². The normalized spacial score (nSPS) is 18.8. The number of rotatable bonds is 10. The maximum atomic E-state index is 13.8. The number of nitrogens with zero attached hydrogens (tertiary/aromatic N) is 2. The number of benzene rings is 3. The van der Waals surface area contributed by atoms with Crippen LogP contribution < -0.4 is 23.8 Å². The molecule has 2 aliphatic rings. The molecule has 1 amide bonds. The Labute approximate surface area is 266 Å². The molecule has 6 rings (SSSR count). The van der Waals surface area contributed by atoms with Crippen LogP contribution in [-0.2, 0) is 16.0 Å². The summed E-state index contributed by atoms with van der Waals surface area (Å²) in [6.45, 7) is 9.16. The zero-order chi connectivity index (χ0) is 31.8. The van der Waals surface area contributed by atoms with Crippen molar-refractivity contribution in [3.05, 3.63) is 76.9 Å². The first-order valence-electron chi connectivity index (χ1n) is 15.1. The number of thiazole rings is 1. The Morgan fingerprint density at radius 1 is 1.09 bits per heavy atom. The highest BCUT2D eigenvalue weighted by atomic mass is 32.1. The number of hydrogen-bond acceptors (Lipinski definition) is 9. The van der Waals surface area contributed by atoms with Crippen LogP contribution in [0.5, 0.6) is 23.0 Å². The first-order chi connectivity index (χ1) is 21.7. The van der Waals surface area contributed by atoms with Crippen LogP contribution in [0.2, 0.25) is 0 Å². The van der Waals surface area contributed by atoms with E-state index in [2.05, 4.69) is 13.8 Å². The molecule has 0 unspecified atom stereocenters. The Hall–Kier alpha value is -4.57. The van der Waals surface area contributed by atoms with Crippen molar-refractivity contribution in [3.8, 4) is 23.0 Å². The number of fused-ring (bicyclic) bond motifs is 2. The molecule has 1 N–H and O–H groups in total. The number of amides is 1. The van der Waals surface area contributed by atoms with E-state index in [1.165, 1.54) is 16.2 Å². The minimum atomic E-state index is -0.973. The van der Waals surface area contributed by atoms with E-state index >= 15 is 0 Å². The van der Waals surface area contributed by atoms with Crippen molar-refractivity contribution in [1.29, 1.82) is 0 Å². The highest BCUT2D eigenvalue weighted by Crippen LogP contribution is 2.46. The molecule has 0 bridgehead atoms. The fourth-order valence-electron chi connectivity index (χ4n) is 5.70. The molecule has 0 radical (unpaired) electrons. The summed E-state index contributed by atoms with van der Waals surface area (Å²) in [5.41, 5.74) is 2.56. The fraction of sp³-hybridized carbons (Fsp3) is 0.343. The van der Waals surface area contributed by atoms with Gasteiger partial charge in [-0.3, -0.25) is 14.5 Å². The van der Waals surface area contributed by atoms with Crippen molar-refractivity contribution in [1.82, 2.24) is 4.98 Å². The van der Waals surface area contributed by atoms with Gasteiger partial charge < -0.3 is 24.1 Å². The van der Waals surface area contributed by atoms with Crippen LogP contribution in [0.25, 0.3) is 16.0 Å². The third-order valence-electron chi connectivity index (χ3n) is 7.94. The Kier molecular flexibility index (Phi) is 8.42. The summed E-state index contributed by atoms with van der Waals surface area (Å²) in [4.78, 5) is 33.8. The number of methoxy groups -OCH3 is 1. The predicted molar refractivity (Wildman–Crippen MR) is 174 cm³/mol. The summed E-state index contributed by atoms with van der Waals surface area (Å²) in [5, 5.41) is 12.1. The van der Waals surface area contributed by atoms with E-state index in [-0.39, 0.29) is 17.4 Å². The lowest BCUT2D eigenvalue weighted by molar-refractivity contribution is -0.132. The molecule has 0 aliphatic carbocycles. The Bertz CT molecular complexity index is 1810. The van der Waals surface area contributed by atoms with E-state index < -0.39 is 17.7 Å². The second-order valence-corrected chi connectivity index (χ2v) is 12.6. The van der Waals surface area contributed by atoms with Crippen LogP contribution >= 0.6 is 11.3 Å². The predicted octanol–water partition coefficient (Wildman–Crippen LogP) is 7.08. The molecule has 3 aromatic carbocycles. The summed E-state index contributed by atoms with van der Waals surface area (Å²) in [5.74, 6) is 1.07. The smallest absolute Gasteiger partial charge is 0.301 e. The summed E-state index contributed by atoms with van der Waals surface area (Å²) < 4.78 is 24.0. The molecule has 3 heterocycles. The molecule has 1 fully saturated rings. The van der Waals surface area contributed by atoms with Gasteiger partial charge in [-0.2, -0.15) is 0 Å². The number of carbonyl (C=O) groups is 2. The second-order valence-electron chi connectivity index (χ2n) is 11.6. The number of hydrogen-bond donors (Lipinski definition) is 1. The average Bonchev–Trinajstić information content (AvgIpc) is 3.68. The van der Waals surface area contributed by atoms with Gasteiger partial charge in [0.15, 0.2) is 16.6 Å². The van der Waals surface area contributed by atoms with Gasteiger partial charge in [0.05, 0.1) is 42.2 Å². The fourth-order valence-corrected chi connectivity index (χ4v) is 6.72. The lowest BCUT2D eigenvalue weighted by atomic mass is 9.94. The summed E-state index contributed by atoms with van der Waals surface area (Å²) >= 11 is 1.28. The summed E-state index contributed by atoms with van der Waals surface area (Å²) in [6.07, 6.45) is 1.57. The van der Waals surface area contributed by atoms with Crippen molar-refractivity contribution in [2.45, 2.75) is 52.7 Å². The summed E-state index contributed by atoms with van der Waals surface area (Å²) in [6, 6.07) is 15.2. The SMILES string of the molecule is CCOc1ccc2nc(N3C(=O)C(=O)/C(=C(/O)c4ccc5c(c4)C[C@@H](C)O5)[C@@H]3c3ccc(OCCC(C)C)c(OC)c3)sc2c1. The van der Waals surface area contributed by atoms with Gasteiger partial charge in [0.2, 0.25) is 0 Å². The zero-order valence-corrected chi connectivity index (χ0v) is 26.8. The van der Waals surface area contributed by atoms with Crippen LogP contribution in [0.1, 0.15) is 56.8 Å². The van der Waals surface area contributed by atoms with E-state index in [1.807, 2.05) is 38.1 Å². The molecular formula is C35H36N2O7S. The number of aliphatic hydroxyl groups is 1. The Morgan fingerprint density at radius 2 is 1.91 bits per heavy atom. The van der Waals surface area contributed by atoms with Gasteiger partial charge in [0.1, 0.15) is 23.4 Å². The Morgan fingerprint density at radius 3 is 2.67 bits per heavy atom. The number of aliphatic hydroxyl groups excluding tert-OH is 1. The van der Waals surface area contributed by atoms with Crippen LogP contribution in [0.3, 0.4) is 0 Å². The van der Waals surface area contributed by atoms with Gasteiger partial charge in [-0.05, 0) is 85.8 Å². The lowest BCUT2D eigenvalue weighted by Crippen LogP contribution is -2.29. The highest BCUT2D eigenvalue weighted by molar-refractivity contribution is 7.22. The van der Waals surface area contributed by atoms with Crippen LogP contribution in [0.4, 0.5) is 5.13 Å². The molecule has 4 aromatic rings. The minimum absolute atomic E-state index is 0.0130. The van der Waals surface area contributed by atoms with Crippen molar-refractivity contribution < 1.29 is 33.6 Å². The molecule has 2 aliphatic heterocycles. The monoisotopic (exact) mass is 628 g/mol. The van der Waals surface area contributed by atoms with E-state index in [4.69, 9.17) is 23.9 Å². The highest BCUT2D eigenvalue weighted by Gasteiger charge is 2.48. The van der Waals surface area contributed by atoms with Gasteiger partial charge in [-0.15, -0.1) is 0 Å². The maximum absolute atomic E-state index is 13.8. The number of carbonyl (C=O) groups excluding carboxylic acids is 2. The van der Waals surface area contributed by atoms with Crippen LogP contribution in [-0.4, -0.2) is 48.2 Å². The van der Waals surface area contributed by atoms with E-state index in [1.54, 1.807) is 37.4 Å². The van der Waals surface area contributed by atoms with Crippen molar-refractivity contribution in [3.63, 3.8) is 0 Å². The second kappa shape index (κ2) is 12.4. The first-order valence-corrected chi connectivity index (χ1v) is 15.9. The first kappa shape index (κ1) is 30.5. The van der Waals surface area contributed by atoms with Gasteiger partial charge >= 0.3 is 5.91 Å². The van der Waals surface area contributed by atoms with Gasteiger partial charge in [-0.25, -0.2) is 4.98 Å². The van der Waals surface area contributed by atoms with E-state index in [9.17, 15) is 14.7 Å².